The predicted octanol–water partition coefficient (Wildman–Crippen LogP) is 13.4. The fourth-order valence-electron chi connectivity index (χ4n) is 8.28. The van der Waals surface area contributed by atoms with E-state index >= 15 is 0 Å². The number of fused-ring (bicyclic) bond motifs is 8. The van der Waals surface area contributed by atoms with Crippen molar-refractivity contribution in [1.82, 2.24) is 15.0 Å². The highest BCUT2D eigenvalue weighted by Gasteiger charge is 2.29. The summed E-state index contributed by atoms with van der Waals surface area (Å²) in [6.45, 7) is 0. The van der Waals surface area contributed by atoms with Crippen molar-refractivity contribution in [3.63, 3.8) is 0 Å². The highest BCUT2D eigenvalue weighted by molar-refractivity contribution is 7.26. The lowest BCUT2D eigenvalue weighted by Crippen LogP contribution is -2.11. The Labute approximate surface area is 322 Å². The molecule has 8 aromatic carbocycles. The minimum atomic E-state index is 0.654. The second-order valence-electron chi connectivity index (χ2n) is 13.9. The monoisotopic (exact) mass is 720 g/mol. The van der Waals surface area contributed by atoms with Crippen LogP contribution in [0.5, 0.6) is 0 Å². The van der Waals surface area contributed by atoms with E-state index in [-0.39, 0.29) is 0 Å². The molecular weight excluding hydrogens is 689 g/mol. The first-order chi connectivity index (χ1) is 27.3. The van der Waals surface area contributed by atoms with Crippen LogP contribution in [0.3, 0.4) is 0 Å². The molecule has 258 valence electrons. The van der Waals surface area contributed by atoms with E-state index in [2.05, 4.69) is 150 Å². The molecule has 0 amide bonds. The van der Waals surface area contributed by atoms with E-state index in [1.54, 1.807) is 0 Å². The van der Waals surface area contributed by atoms with Crippen LogP contribution in [0.4, 0.5) is 17.1 Å². The molecule has 0 spiro atoms. The highest BCUT2D eigenvalue weighted by Crippen LogP contribution is 2.52. The van der Waals surface area contributed by atoms with Gasteiger partial charge >= 0.3 is 0 Å². The van der Waals surface area contributed by atoms with Crippen molar-refractivity contribution in [2.75, 3.05) is 4.90 Å². The quantitative estimate of drug-likeness (QED) is 0.171. The number of para-hydroxylation sites is 1. The Bertz CT molecular complexity index is 3010. The van der Waals surface area contributed by atoms with Crippen molar-refractivity contribution in [1.29, 1.82) is 0 Å². The Morgan fingerprint density at radius 2 is 1.00 bits per heavy atom. The van der Waals surface area contributed by atoms with Crippen LogP contribution in [0.15, 0.2) is 182 Å². The van der Waals surface area contributed by atoms with Crippen molar-refractivity contribution in [3.05, 3.63) is 193 Å². The number of hydrogen-bond acceptors (Lipinski definition) is 5. The fraction of sp³-hybridized carbons (Fsp3) is 0.0200. The molecule has 0 bridgehead atoms. The molecule has 0 atom stereocenters. The summed E-state index contributed by atoms with van der Waals surface area (Å²) in [6, 6.07) is 64.5. The minimum Gasteiger partial charge on any atom is -0.308 e. The molecule has 5 heteroatoms. The molecule has 1 aliphatic rings. The van der Waals surface area contributed by atoms with Gasteiger partial charge in [0.2, 0.25) is 0 Å². The summed E-state index contributed by atoms with van der Waals surface area (Å²) in [5, 5.41) is 4.92. The van der Waals surface area contributed by atoms with Crippen molar-refractivity contribution < 1.29 is 0 Å². The molecule has 0 radical (unpaired) electrons. The van der Waals surface area contributed by atoms with Gasteiger partial charge in [-0.3, -0.25) is 0 Å². The van der Waals surface area contributed by atoms with Crippen molar-refractivity contribution in [3.8, 4) is 45.3 Å². The first-order valence-electron chi connectivity index (χ1n) is 18.6. The standard InChI is InChI=1S/C50H32N4S/c1-4-16-32(17-5-1)48-51-49(33-18-6-2-7-19-33)53-50(52-48)42-31-41-40(36-23-10-11-24-37(36)42)30-34-20-14-27-43(46(34)41)54(35-21-8-3-9-22-35)44-28-15-26-39-38-25-12-13-29-45(38)55-47(39)44/h1-29,31H,30H2. The van der Waals surface area contributed by atoms with Crippen LogP contribution in [0, 0.1) is 0 Å². The maximum absolute atomic E-state index is 5.21. The van der Waals surface area contributed by atoms with Crippen LogP contribution in [0.25, 0.3) is 76.2 Å². The molecular formula is C50H32N4S. The fourth-order valence-corrected chi connectivity index (χ4v) is 9.48. The Morgan fingerprint density at radius 1 is 0.436 bits per heavy atom. The predicted molar refractivity (Wildman–Crippen MR) is 229 cm³/mol. The Morgan fingerprint density at radius 3 is 1.73 bits per heavy atom. The van der Waals surface area contributed by atoms with Gasteiger partial charge in [-0.15, -0.1) is 11.3 Å². The molecule has 0 unspecified atom stereocenters. The van der Waals surface area contributed by atoms with E-state index in [1.165, 1.54) is 53.5 Å². The Kier molecular flexibility index (Phi) is 7.39. The van der Waals surface area contributed by atoms with Gasteiger partial charge in [0.05, 0.1) is 16.1 Å². The number of aromatic nitrogens is 3. The zero-order valence-electron chi connectivity index (χ0n) is 29.7. The third kappa shape index (κ3) is 5.24. The van der Waals surface area contributed by atoms with Crippen molar-refractivity contribution in [2.45, 2.75) is 6.42 Å². The zero-order chi connectivity index (χ0) is 36.3. The molecule has 55 heavy (non-hydrogen) atoms. The van der Waals surface area contributed by atoms with Crippen molar-refractivity contribution in [2.24, 2.45) is 0 Å². The lowest BCUT2D eigenvalue weighted by atomic mass is 9.93. The second kappa shape index (κ2) is 12.9. The summed E-state index contributed by atoms with van der Waals surface area (Å²) in [6.07, 6.45) is 0.844. The summed E-state index contributed by atoms with van der Waals surface area (Å²) in [5.41, 5.74) is 11.4. The van der Waals surface area contributed by atoms with Crippen LogP contribution in [-0.2, 0) is 6.42 Å². The maximum Gasteiger partial charge on any atom is 0.164 e. The molecule has 2 heterocycles. The summed E-state index contributed by atoms with van der Waals surface area (Å²) in [4.78, 5) is 17.9. The van der Waals surface area contributed by atoms with Gasteiger partial charge in [-0.2, -0.15) is 0 Å². The molecule has 4 nitrogen and oxygen atoms in total. The number of anilines is 3. The van der Waals surface area contributed by atoms with E-state index in [1.807, 2.05) is 47.7 Å². The molecule has 0 N–H and O–H groups in total. The Balaban J connectivity index is 1.17. The zero-order valence-corrected chi connectivity index (χ0v) is 30.5. The topological polar surface area (TPSA) is 41.9 Å². The summed E-state index contributed by atoms with van der Waals surface area (Å²) < 4.78 is 2.56. The molecule has 0 fully saturated rings. The molecule has 1 aliphatic carbocycles. The maximum atomic E-state index is 5.21. The van der Waals surface area contributed by atoms with E-state index in [9.17, 15) is 0 Å². The van der Waals surface area contributed by atoms with Gasteiger partial charge in [-0.25, -0.2) is 15.0 Å². The summed E-state index contributed by atoms with van der Waals surface area (Å²) >= 11 is 1.86. The third-order valence-electron chi connectivity index (χ3n) is 10.7. The van der Waals surface area contributed by atoms with Crippen LogP contribution < -0.4 is 4.90 Å². The first-order valence-corrected chi connectivity index (χ1v) is 19.4. The smallest absolute Gasteiger partial charge is 0.164 e. The van der Waals surface area contributed by atoms with Gasteiger partial charge in [0.25, 0.3) is 0 Å². The van der Waals surface area contributed by atoms with Gasteiger partial charge in [0.1, 0.15) is 0 Å². The lowest BCUT2D eigenvalue weighted by molar-refractivity contribution is 1.08. The molecule has 2 aromatic heterocycles. The van der Waals surface area contributed by atoms with Gasteiger partial charge in [0, 0.05) is 43.4 Å². The number of benzene rings is 8. The van der Waals surface area contributed by atoms with Crippen molar-refractivity contribution >= 4 is 59.3 Å². The molecule has 0 saturated heterocycles. The Hall–Kier alpha value is -6.95. The number of rotatable bonds is 6. The van der Waals surface area contributed by atoms with Gasteiger partial charge < -0.3 is 4.90 Å². The van der Waals surface area contributed by atoms with Crippen LogP contribution in [0.1, 0.15) is 11.1 Å². The van der Waals surface area contributed by atoms with Crippen LogP contribution in [-0.4, -0.2) is 15.0 Å². The molecule has 10 aromatic rings. The number of nitrogens with zero attached hydrogens (tertiary/aromatic N) is 4. The SMILES string of the molecule is c1ccc(-c2nc(-c3ccccc3)nc(-c3cc4c(c5ccccc35)Cc3cccc(N(c5ccccc5)c5cccc6c5sc5ccccc56)c3-4)n2)cc1. The van der Waals surface area contributed by atoms with Gasteiger partial charge in [-0.1, -0.05) is 146 Å². The average molecular weight is 721 g/mol. The first kappa shape index (κ1) is 31.6. The summed E-state index contributed by atoms with van der Waals surface area (Å²) in [5.74, 6) is 1.97. The molecule has 11 rings (SSSR count). The minimum absolute atomic E-state index is 0.654. The van der Waals surface area contributed by atoms with E-state index in [4.69, 9.17) is 15.0 Å². The van der Waals surface area contributed by atoms with Crippen LogP contribution >= 0.6 is 11.3 Å². The highest BCUT2D eigenvalue weighted by atomic mass is 32.1. The van der Waals surface area contributed by atoms with E-state index < -0.39 is 0 Å². The number of hydrogen-bond donors (Lipinski definition) is 0. The van der Waals surface area contributed by atoms with E-state index in [0.29, 0.717) is 17.5 Å². The largest absolute Gasteiger partial charge is 0.308 e. The molecule has 0 aliphatic heterocycles. The lowest BCUT2D eigenvalue weighted by Gasteiger charge is -2.28. The normalized spacial score (nSPS) is 11.9. The second-order valence-corrected chi connectivity index (χ2v) is 15.0. The van der Waals surface area contributed by atoms with Gasteiger partial charge in [-0.05, 0) is 70.3 Å². The van der Waals surface area contributed by atoms with Gasteiger partial charge in [0.15, 0.2) is 17.5 Å². The van der Waals surface area contributed by atoms with Crippen LogP contribution in [0.2, 0.25) is 0 Å². The third-order valence-corrected chi connectivity index (χ3v) is 12.0. The summed E-state index contributed by atoms with van der Waals surface area (Å²) in [7, 11) is 0. The molecule has 0 saturated carbocycles. The van der Waals surface area contributed by atoms with E-state index in [0.717, 1.165) is 39.9 Å². The number of thiophene rings is 1. The average Bonchev–Trinajstić information content (AvgIpc) is 3.84.